The molecular weight excluding hydrogens is 339 g/mol. The van der Waals surface area contributed by atoms with Crippen LogP contribution in [0.4, 0.5) is 13.2 Å². The van der Waals surface area contributed by atoms with Crippen molar-refractivity contribution >= 4 is 16.9 Å². The summed E-state index contributed by atoms with van der Waals surface area (Å²) >= 11 is 0. The van der Waals surface area contributed by atoms with Crippen molar-refractivity contribution < 1.29 is 28.2 Å². The first-order chi connectivity index (χ1) is 11.8. The van der Waals surface area contributed by atoms with Crippen molar-refractivity contribution in [1.29, 1.82) is 0 Å². The van der Waals surface area contributed by atoms with Gasteiger partial charge in [-0.25, -0.2) is 4.98 Å². The van der Waals surface area contributed by atoms with E-state index < -0.39 is 18.1 Å². The van der Waals surface area contributed by atoms with E-state index in [1.165, 1.54) is 18.2 Å². The molecule has 1 aliphatic heterocycles. The van der Waals surface area contributed by atoms with E-state index in [2.05, 4.69) is 9.97 Å². The maximum absolute atomic E-state index is 12.7. The summed E-state index contributed by atoms with van der Waals surface area (Å²) in [6.45, 7) is 0.543. The summed E-state index contributed by atoms with van der Waals surface area (Å²) < 4.78 is 38.1. The topological polar surface area (TPSA) is 89.5 Å². The Balaban J connectivity index is 1.74. The number of aromatic nitrogens is 2. The van der Waals surface area contributed by atoms with Crippen LogP contribution < -0.4 is 0 Å². The Morgan fingerprint density at radius 2 is 2.04 bits per heavy atom. The highest BCUT2D eigenvalue weighted by Crippen LogP contribution is 2.29. The third-order valence-corrected chi connectivity index (χ3v) is 4.56. The molecule has 1 aromatic heterocycles. The van der Waals surface area contributed by atoms with Crippen molar-refractivity contribution in [2.24, 2.45) is 5.92 Å². The molecule has 1 aliphatic rings. The number of alkyl halides is 3. The van der Waals surface area contributed by atoms with Crippen LogP contribution in [0.2, 0.25) is 0 Å². The van der Waals surface area contributed by atoms with Gasteiger partial charge in [0.15, 0.2) is 0 Å². The van der Waals surface area contributed by atoms with Gasteiger partial charge < -0.3 is 20.1 Å². The predicted octanol–water partition coefficient (Wildman–Crippen LogP) is 1.79. The quantitative estimate of drug-likeness (QED) is 0.781. The van der Waals surface area contributed by atoms with Gasteiger partial charge in [-0.05, 0) is 37.0 Å². The first kappa shape index (κ1) is 17.7. The van der Waals surface area contributed by atoms with Gasteiger partial charge in [-0.15, -0.1) is 0 Å². The number of nitrogens with zero attached hydrogens (tertiary/aromatic N) is 2. The zero-order valence-electron chi connectivity index (χ0n) is 13.3. The number of nitrogens with one attached hydrogen (secondary N) is 1. The van der Waals surface area contributed by atoms with Crippen LogP contribution in [0.15, 0.2) is 18.2 Å². The molecule has 0 saturated carbocycles. The van der Waals surface area contributed by atoms with Crippen LogP contribution in [0.1, 0.15) is 29.0 Å². The minimum absolute atomic E-state index is 0.0570. The molecule has 0 spiro atoms. The first-order valence-corrected chi connectivity index (χ1v) is 7.94. The molecule has 136 valence electrons. The molecule has 0 radical (unpaired) electrons. The van der Waals surface area contributed by atoms with E-state index in [9.17, 15) is 23.1 Å². The number of H-pyrrole nitrogens is 1. The number of aliphatic hydroxyl groups excluding tert-OH is 2. The molecule has 2 aromatic rings. The van der Waals surface area contributed by atoms with E-state index in [0.29, 0.717) is 25.9 Å². The zero-order valence-corrected chi connectivity index (χ0v) is 13.3. The SMILES string of the molecule is O=C(c1ccc2nc(C(F)(F)F)[nH]c2c1)N1CCC(C(O)CO)CC1. The Morgan fingerprint density at radius 1 is 1.36 bits per heavy atom. The van der Waals surface area contributed by atoms with Crippen LogP contribution >= 0.6 is 0 Å². The third-order valence-electron chi connectivity index (χ3n) is 4.56. The molecule has 1 amide bonds. The highest BCUT2D eigenvalue weighted by Gasteiger charge is 2.35. The van der Waals surface area contributed by atoms with Crippen molar-refractivity contribution in [3.63, 3.8) is 0 Å². The van der Waals surface area contributed by atoms with Crippen molar-refractivity contribution in [3.8, 4) is 0 Å². The fourth-order valence-corrected chi connectivity index (χ4v) is 3.10. The van der Waals surface area contributed by atoms with Gasteiger partial charge in [0.2, 0.25) is 5.82 Å². The Morgan fingerprint density at radius 3 is 2.64 bits per heavy atom. The number of piperidine rings is 1. The monoisotopic (exact) mass is 357 g/mol. The lowest BCUT2D eigenvalue weighted by molar-refractivity contribution is -0.144. The summed E-state index contributed by atoms with van der Waals surface area (Å²) in [6, 6.07) is 4.21. The van der Waals surface area contributed by atoms with Crippen molar-refractivity contribution in [1.82, 2.24) is 14.9 Å². The van der Waals surface area contributed by atoms with Gasteiger partial charge in [0.25, 0.3) is 5.91 Å². The minimum atomic E-state index is -4.57. The number of fused-ring (bicyclic) bond motifs is 1. The number of aliphatic hydroxyl groups is 2. The van der Waals surface area contributed by atoms with Gasteiger partial charge in [0.05, 0.1) is 23.7 Å². The zero-order chi connectivity index (χ0) is 18.2. The first-order valence-electron chi connectivity index (χ1n) is 7.94. The molecule has 1 atom stereocenters. The summed E-state index contributed by atoms with van der Waals surface area (Å²) in [6.07, 6.45) is -4.23. The van der Waals surface area contributed by atoms with E-state index in [4.69, 9.17) is 5.11 Å². The van der Waals surface area contributed by atoms with Crippen molar-refractivity contribution in [3.05, 3.63) is 29.6 Å². The molecule has 25 heavy (non-hydrogen) atoms. The maximum atomic E-state index is 12.7. The number of rotatable bonds is 3. The molecule has 0 bridgehead atoms. The standard InChI is InChI=1S/C16H18F3N3O3/c17-16(18,19)15-20-11-2-1-10(7-12(11)21-15)14(25)22-5-3-9(4-6-22)13(24)8-23/h1-2,7,9,13,23-24H,3-6,8H2,(H,20,21). The second-order valence-electron chi connectivity index (χ2n) is 6.19. The van der Waals surface area contributed by atoms with Crippen LogP contribution in [0.25, 0.3) is 11.0 Å². The smallest absolute Gasteiger partial charge is 0.394 e. The molecule has 0 aliphatic carbocycles. The van der Waals surface area contributed by atoms with Gasteiger partial charge in [-0.2, -0.15) is 13.2 Å². The molecule has 1 aromatic carbocycles. The van der Waals surface area contributed by atoms with Crippen molar-refractivity contribution in [2.75, 3.05) is 19.7 Å². The second kappa shape index (κ2) is 6.64. The fraction of sp³-hybridized carbons (Fsp3) is 0.500. The Kier molecular flexibility index (Phi) is 4.70. The number of benzene rings is 1. The van der Waals surface area contributed by atoms with Crippen LogP contribution in [0.5, 0.6) is 0 Å². The average Bonchev–Trinajstić information content (AvgIpc) is 3.04. The van der Waals surface area contributed by atoms with E-state index in [-0.39, 0.29) is 35.0 Å². The molecule has 3 rings (SSSR count). The average molecular weight is 357 g/mol. The number of aromatic amines is 1. The van der Waals surface area contributed by atoms with E-state index >= 15 is 0 Å². The Hall–Kier alpha value is -2.13. The molecular formula is C16H18F3N3O3. The predicted molar refractivity (Wildman–Crippen MR) is 82.8 cm³/mol. The number of carbonyl (C=O) groups excluding carboxylic acids is 1. The number of hydrogen-bond acceptors (Lipinski definition) is 4. The van der Waals surface area contributed by atoms with Crippen LogP contribution in [-0.4, -0.2) is 56.8 Å². The van der Waals surface area contributed by atoms with Crippen LogP contribution in [-0.2, 0) is 6.18 Å². The number of imidazole rings is 1. The minimum Gasteiger partial charge on any atom is -0.394 e. The molecule has 1 fully saturated rings. The number of amides is 1. The van der Waals surface area contributed by atoms with Gasteiger partial charge in [-0.3, -0.25) is 4.79 Å². The highest BCUT2D eigenvalue weighted by atomic mass is 19.4. The Bertz CT molecular complexity index is 767. The van der Waals surface area contributed by atoms with Gasteiger partial charge in [0, 0.05) is 18.7 Å². The van der Waals surface area contributed by atoms with Gasteiger partial charge in [0.1, 0.15) is 0 Å². The third kappa shape index (κ3) is 3.62. The number of hydrogen-bond donors (Lipinski definition) is 3. The number of carbonyl (C=O) groups is 1. The molecule has 1 unspecified atom stereocenters. The van der Waals surface area contributed by atoms with Gasteiger partial charge >= 0.3 is 6.18 Å². The maximum Gasteiger partial charge on any atom is 0.449 e. The van der Waals surface area contributed by atoms with Gasteiger partial charge in [-0.1, -0.05) is 0 Å². The number of likely N-dealkylation sites (tertiary alicyclic amines) is 1. The normalized spacial score (nSPS) is 17.9. The lowest BCUT2D eigenvalue weighted by Gasteiger charge is -2.33. The lowest BCUT2D eigenvalue weighted by Crippen LogP contribution is -2.42. The summed E-state index contributed by atoms with van der Waals surface area (Å²) in [4.78, 5) is 19.8. The highest BCUT2D eigenvalue weighted by molar-refractivity contribution is 5.97. The lowest BCUT2D eigenvalue weighted by atomic mass is 9.91. The summed E-state index contributed by atoms with van der Waals surface area (Å²) in [5.41, 5.74) is 0.587. The van der Waals surface area contributed by atoms with E-state index in [1.54, 1.807) is 4.90 Å². The molecule has 2 heterocycles. The number of halogens is 3. The second-order valence-corrected chi connectivity index (χ2v) is 6.19. The summed E-state index contributed by atoms with van der Waals surface area (Å²) in [5, 5.41) is 18.6. The summed E-state index contributed by atoms with van der Waals surface area (Å²) in [5.74, 6) is -1.42. The summed E-state index contributed by atoms with van der Waals surface area (Å²) in [7, 11) is 0. The van der Waals surface area contributed by atoms with Crippen LogP contribution in [0.3, 0.4) is 0 Å². The van der Waals surface area contributed by atoms with E-state index in [1.807, 2.05) is 0 Å². The van der Waals surface area contributed by atoms with Crippen molar-refractivity contribution in [2.45, 2.75) is 25.1 Å². The molecule has 9 heteroatoms. The van der Waals surface area contributed by atoms with Crippen LogP contribution in [0, 0.1) is 5.92 Å². The van der Waals surface area contributed by atoms with E-state index in [0.717, 1.165) is 0 Å². The molecule has 1 saturated heterocycles. The molecule has 6 nitrogen and oxygen atoms in total. The fourth-order valence-electron chi connectivity index (χ4n) is 3.10. The largest absolute Gasteiger partial charge is 0.449 e. The Labute approximate surface area is 141 Å². The molecule has 3 N–H and O–H groups in total.